The molecule has 1 fully saturated rings. The number of morpholine rings is 1. The van der Waals surface area contributed by atoms with Crippen LogP contribution < -0.4 is 0 Å². The monoisotopic (exact) mass is 205 g/mol. The smallest absolute Gasteiger partial charge is 0.0956 e. The van der Waals surface area contributed by atoms with Crippen molar-refractivity contribution in [2.45, 2.75) is 26.1 Å². The van der Waals surface area contributed by atoms with Crippen LogP contribution in [-0.4, -0.2) is 30.6 Å². The average Bonchev–Trinajstić information content (AvgIpc) is 2.29. The van der Waals surface area contributed by atoms with E-state index >= 15 is 0 Å². The molecule has 2 unspecified atom stereocenters. The third-order valence-corrected chi connectivity index (χ3v) is 2.95. The number of benzene rings is 1. The highest BCUT2D eigenvalue weighted by molar-refractivity contribution is 5.18. The molecule has 1 aromatic carbocycles. The molecule has 0 radical (unpaired) electrons. The van der Waals surface area contributed by atoms with Crippen LogP contribution in [0.15, 0.2) is 30.3 Å². The van der Waals surface area contributed by atoms with E-state index in [4.69, 9.17) is 4.74 Å². The van der Waals surface area contributed by atoms with Crippen LogP contribution in [0.5, 0.6) is 0 Å². The molecule has 1 heterocycles. The molecule has 1 aliphatic rings. The summed E-state index contributed by atoms with van der Waals surface area (Å²) in [7, 11) is 0. The molecule has 0 aromatic heterocycles. The predicted octanol–water partition coefficient (Wildman–Crippen LogP) is 2.47. The molecule has 0 amide bonds. The molecule has 2 rings (SSSR count). The Labute approximate surface area is 91.9 Å². The van der Waals surface area contributed by atoms with Gasteiger partial charge in [-0.15, -0.1) is 0 Å². The van der Waals surface area contributed by atoms with Gasteiger partial charge in [-0.05, 0) is 19.0 Å². The normalized spacial score (nSPS) is 27.9. The van der Waals surface area contributed by atoms with Gasteiger partial charge in [-0.25, -0.2) is 0 Å². The second kappa shape index (κ2) is 4.77. The lowest BCUT2D eigenvalue weighted by Crippen LogP contribution is -2.42. The van der Waals surface area contributed by atoms with Gasteiger partial charge in [0.05, 0.1) is 12.2 Å². The molecular weight excluding hydrogens is 186 g/mol. The molecule has 82 valence electrons. The second-order valence-corrected chi connectivity index (χ2v) is 4.20. The molecule has 2 atom stereocenters. The number of hydrogen-bond acceptors (Lipinski definition) is 2. The number of likely N-dealkylation sites (N-methyl/N-ethyl adjacent to an activating group) is 1. The van der Waals surface area contributed by atoms with Crippen LogP contribution in [0.1, 0.15) is 25.5 Å². The van der Waals surface area contributed by atoms with Crippen molar-refractivity contribution in [1.29, 1.82) is 0 Å². The van der Waals surface area contributed by atoms with Gasteiger partial charge >= 0.3 is 0 Å². The van der Waals surface area contributed by atoms with Crippen molar-refractivity contribution in [2.75, 3.05) is 19.6 Å². The molecule has 0 spiro atoms. The molecule has 0 bridgehead atoms. The van der Waals surface area contributed by atoms with Crippen molar-refractivity contribution in [2.24, 2.45) is 0 Å². The number of nitrogens with zero attached hydrogens (tertiary/aromatic N) is 1. The number of hydrogen-bond donors (Lipinski definition) is 0. The summed E-state index contributed by atoms with van der Waals surface area (Å²) >= 11 is 0. The van der Waals surface area contributed by atoms with E-state index in [-0.39, 0.29) is 6.10 Å². The SMILES string of the molecule is CCN1CC(C)OC(c2ccccc2)C1. The van der Waals surface area contributed by atoms with Gasteiger partial charge in [-0.2, -0.15) is 0 Å². The van der Waals surface area contributed by atoms with Crippen LogP contribution in [0.4, 0.5) is 0 Å². The average molecular weight is 205 g/mol. The largest absolute Gasteiger partial charge is 0.368 e. The van der Waals surface area contributed by atoms with Crippen molar-refractivity contribution in [3.05, 3.63) is 35.9 Å². The van der Waals surface area contributed by atoms with E-state index in [1.165, 1.54) is 5.56 Å². The van der Waals surface area contributed by atoms with Gasteiger partial charge in [0.2, 0.25) is 0 Å². The van der Waals surface area contributed by atoms with Crippen LogP contribution in [0.25, 0.3) is 0 Å². The Morgan fingerprint density at radius 1 is 1.27 bits per heavy atom. The fourth-order valence-corrected chi connectivity index (χ4v) is 2.15. The van der Waals surface area contributed by atoms with E-state index in [1.807, 2.05) is 6.07 Å². The highest BCUT2D eigenvalue weighted by Gasteiger charge is 2.24. The fourth-order valence-electron chi connectivity index (χ4n) is 2.15. The lowest BCUT2D eigenvalue weighted by molar-refractivity contribution is -0.0774. The van der Waals surface area contributed by atoms with Crippen LogP contribution in [0.3, 0.4) is 0 Å². The minimum atomic E-state index is 0.245. The first-order valence-electron chi connectivity index (χ1n) is 5.72. The summed E-state index contributed by atoms with van der Waals surface area (Å²) < 4.78 is 5.96. The minimum absolute atomic E-state index is 0.245. The van der Waals surface area contributed by atoms with Gasteiger partial charge in [-0.3, -0.25) is 4.90 Å². The first-order valence-corrected chi connectivity index (χ1v) is 5.72. The van der Waals surface area contributed by atoms with Gasteiger partial charge in [0, 0.05) is 13.1 Å². The van der Waals surface area contributed by atoms with E-state index in [2.05, 4.69) is 43.0 Å². The maximum atomic E-state index is 5.96. The Morgan fingerprint density at radius 3 is 2.67 bits per heavy atom. The lowest BCUT2D eigenvalue weighted by atomic mass is 10.1. The van der Waals surface area contributed by atoms with E-state index in [1.54, 1.807) is 0 Å². The maximum absolute atomic E-state index is 5.96. The number of rotatable bonds is 2. The van der Waals surface area contributed by atoms with Crippen LogP contribution in [-0.2, 0) is 4.74 Å². The van der Waals surface area contributed by atoms with Gasteiger partial charge < -0.3 is 4.74 Å². The minimum Gasteiger partial charge on any atom is -0.368 e. The summed E-state index contributed by atoms with van der Waals surface area (Å²) in [6.45, 7) is 7.54. The van der Waals surface area contributed by atoms with Crippen molar-refractivity contribution in [3.63, 3.8) is 0 Å². The molecule has 0 saturated carbocycles. The Hall–Kier alpha value is -0.860. The van der Waals surface area contributed by atoms with E-state index in [0.29, 0.717) is 6.10 Å². The van der Waals surface area contributed by atoms with Crippen molar-refractivity contribution >= 4 is 0 Å². The second-order valence-electron chi connectivity index (χ2n) is 4.20. The summed E-state index contributed by atoms with van der Waals surface area (Å²) in [5.74, 6) is 0. The molecule has 0 aliphatic carbocycles. The third-order valence-electron chi connectivity index (χ3n) is 2.95. The van der Waals surface area contributed by atoms with Crippen molar-refractivity contribution in [3.8, 4) is 0 Å². The summed E-state index contributed by atoms with van der Waals surface area (Å²) in [5, 5.41) is 0. The van der Waals surface area contributed by atoms with Crippen molar-refractivity contribution in [1.82, 2.24) is 4.90 Å². The zero-order valence-corrected chi connectivity index (χ0v) is 9.52. The van der Waals surface area contributed by atoms with Gasteiger partial charge in [0.15, 0.2) is 0 Å². The molecule has 2 heteroatoms. The third kappa shape index (κ3) is 2.58. The van der Waals surface area contributed by atoms with E-state index in [0.717, 1.165) is 19.6 Å². The Morgan fingerprint density at radius 2 is 2.00 bits per heavy atom. The Balaban J connectivity index is 2.09. The van der Waals surface area contributed by atoms with Crippen LogP contribution >= 0.6 is 0 Å². The van der Waals surface area contributed by atoms with Crippen LogP contribution in [0, 0.1) is 0 Å². The van der Waals surface area contributed by atoms with Crippen LogP contribution in [0.2, 0.25) is 0 Å². The highest BCUT2D eigenvalue weighted by atomic mass is 16.5. The molecular formula is C13H19NO. The molecule has 1 aliphatic heterocycles. The van der Waals surface area contributed by atoms with Gasteiger partial charge in [-0.1, -0.05) is 37.3 Å². The van der Waals surface area contributed by atoms with Crippen molar-refractivity contribution < 1.29 is 4.74 Å². The molecule has 1 saturated heterocycles. The zero-order chi connectivity index (χ0) is 10.7. The summed E-state index contributed by atoms with van der Waals surface area (Å²) in [5.41, 5.74) is 1.29. The Bertz CT molecular complexity index is 299. The topological polar surface area (TPSA) is 12.5 Å². The summed E-state index contributed by atoms with van der Waals surface area (Å²) in [4.78, 5) is 2.45. The molecule has 0 N–H and O–H groups in total. The summed E-state index contributed by atoms with van der Waals surface area (Å²) in [6, 6.07) is 10.5. The fraction of sp³-hybridized carbons (Fsp3) is 0.538. The maximum Gasteiger partial charge on any atom is 0.0956 e. The molecule has 1 aromatic rings. The summed E-state index contributed by atoms with van der Waals surface area (Å²) in [6.07, 6.45) is 0.582. The van der Waals surface area contributed by atoms with E-state index in [9.17, 15) is 0 Å². The number of ether oxygens (including phenoxy) is 1. The van der Waals surface area contributed by atoms with E-state index < -0.39 is 0 Å². The van der Waals surface area contributed by atoms with Gasteiger partial charge in [0.1, 0.15) is 0 Å². The zero-order valence-electron chi connectivity index (χ0n) is 9.52. The predicted molar refractivity (Wildman–Crippen MR) is 61.8 cm³/mol. The van der Waals surface area contributed by atoms with Gasteiger partial charge in [0.25, 0.3) is 0 Å². The highest BCUT2D eigenvalue weighted by Crippen LogP contribution is 2.24. The molecule has 2 nitrogen and oxygen atoms in total. The Kier molecular flexibility index (Phi) is 3.39. The standard InChI is InChI=1S/C13H19NO/c1-3-14-9-11(2)15-13(10-14)12-7-5-4-6-8-12/h4-8,11,13H,3,9-10H2,1-2H3. The quantitative estimate of drug-likeness (QED) is 0.735. The first kappa shape index (κ1) is 10.7. The first-order chi connectivity index (χ1) is 7.29. The molecule has 15 heavy (non-hydrogen) atoms. The lowest BCUT2D eigenvalue weighted by Gasteiger charge is -2.36.